The molecular weight excluding hydrogens is 252 g/mol. The number of carboxylic acid groups (broad SMARTS) is 1. The van der Waals surface area contributed by atoms with Crippen LogP contribution in [-0.4, -0.2) is 47.0 Å². The van der Waals surface area contributed by atoms with E-state index in [0.29, 0.717) is 5.69 Å². The van der Waals surface area contributed by atoms with Gasteiger partial charge in [-0.1, -0.05) is 6.07 Å². The van der Waals surface area contributed by atoms with Crippen LogP contribution in [0.25, 0.3) is 0 Å². The number of carboxylic acids is 1. The standard InChI is InChI=1S/C12H16N2O5/c1-14(8-3-2-4-9(16)7-8)12(19)13-10(5-6-15)11(17)18/h2-4,7,10,15-16H,5-6H2,1H3,(H,13,19)(H,17,18)/t10-/m1/s1. The number of carbonyl (C=O) groups excluding carboxylic acids is 1. The van der Waals surface area contributed by atoms with Crippen molar-refractivity contribution in [3.05, 3.63) is 24.3 Å². The number of phenolic OH excluding ortho intramolecular Hbond substituents is 1. The molecule has 0 aliphatic rings. The number of hydrogen-bond acceptors (Lipinski definition) is 4. The van der Waals surface area contributed by atoms with Crippen LogP contribution in [-0.2, 0) is 4.79 Å². The van der Waals surface area contributed by atoms with Gasteiger partial charge in [-0.3, -0.25) is 4.90 Å². The number of urea groups is 1. The number of rotatable bonds is 5. The summed E-state index contributed by atoms with van der Waals surface area (Å²) in [6.07, 6.45) is -0.0745. The Balaban J connectivity index is 2.74. The third kappa shape index (κ3) is 4.14. The predicted molar refractivity (Wildman–Crippen MR) is 68.2 cm³/mol. The van der Waals surface area contributed by atoms with Gasteiger partial charge in [-0.2, -0.15) is 0 Å². The third-order valence-electron chi connectivity index (χ3n) is 2.54. The van der Waals surface area contributed by atoms with Gasteiger partial charge in [-0.25, -0.2) is 9.59 Å². The first kappa shape index (κ1) is 14.8. The fourth-order valence-electron chi connectivity index (χ4n) is 1.45. The van der Waals surface area contributed by atoms with Crippen LogP contribution >= 0.6 is 0 Å². The minimum atomic E-state index is -1.22. The molecule has 0 fully saturated rings. The van der Waals surface area contributed by atoms with E-state index in [1.165, 1.54) is 24.1 Å². The van der Waals surface area contributed by atoms with E-state index >= 15 is 0 Å². The van der Waals surface area contributed by atoms with E-state index in [9.17, 15) is 14.7 Å². The quantitative estimate of drug-likeness (QED) is 0.617. The smallest absolute Gasteiger partial charge is 0.326 e. The molecule has 7 heteroatoms. The van der Waals surface area contributed by atoms with Crippen molar-refractivity contribution < 1.29 is 24.9 Å². The van der Waals surface area contributed by atoms with Crippen molar-refractivity contribution in [2.45, 2.75) is 12.5 Å². The molecule has 1 aromatic rings. The molecular formula is C12H16N2O5. The number of nitrogens with one attached hydrogen (secondary N) is 1. The highest BCUT2D eigenvalue weighted by Gasteiger charge is 2.21. The minimum absolute atomic E-state index is 0.00212. The van der Waals surface area contributed by atoms with Crippen LogP contribution in [0.15, 0.2) is 24.3 Å². The maximum Gasteiger partial charge on any atom is 0.326 e. The predicted octanol–water partition coefficient (Wildman–Crippen LogP) is 0.374. The summed E-state index contributed by atoms with van der Waals surface area (Å²) in [5.41, 5.74) is 0.422. The summed E-state index contributed by atoms with van der Waals surface area (Å²) in [5, 5.41) is 29.2. The van der Waals surface area contributed by atoms with Crippen molar-refractivity contribution in [1.82, 2.24) is 5.32 Å². The molecule has 0 aromatic heterocycles. The average Bonchev–Trinajstić information content (AvgIpc) is 2.37. The second-order valence-corrected chi connectivity index (χ2v) is 3.93. The van der Waals surface area contributed by atoms with Gasteiger partial charge in [0.15, 0.2) is 0 Å². The number of aliphatic carboxylic acids is 1. The van der Waals surface area contributed by atoms with Crippen LogP contribution in [0.4, 0.5) is 10.5 Å². The molecule has 0 unspecified atom stereocenters. The summed E-state index contributed by atoms with van der Waals surface area (Å²) in [6, 6.07) is 4.21. The Morgan fingerprint density at radius 3 is 2.63 bits per heavy atom. The Hall–Kier alpha value is -2.28. The molecule has 1 atom stereocenters. The maximum atomic E-state index is 11.8. The van der Waals surface area contributed by atoms with Gasteiger partial charge in [0.2, 0.25) is 0 Å². The molecule has 0 heterocycles. The largest absolute Gasteiger partial charge is 0.508 e. The lowest BCUT2D eigenvalue weighted by Crippen LogP contribution is -2.47. The molecule has 0 bridgehead atoms. The molecule has 0 aliphatic carbocycles. The Morgan fingerprint density at radius 1 is 1.42 bits per heavy atom. The van der Waals surface area contributed by atoms with Gasteiger partial charge in [0.25, 0.3) is 0 Å². The number of nitrogens with zero attached hydrogens (tertiary/aromatic N) is 1. The van der Waals surface area contributed by atoms with Crippen LogP contribution in [0.5, 0.6) is 5.75 Å². The van der Waals surface area contributed by atoms with Gasteiger partial charge in [-0.05, 0) is 12.1 Å². The average molecular weight is 268 g/mol. The van der Waals surface area contributed by atoms with Gasteiger partial charge < -0.3 is 20.6 Å². The summed E-state index contributed by atoms with van der Waals surface area (Å²) in [5.74, 6) is -1.21. The number of aliphatic hydroxyl groups is 1. The maximum absolute atomic E-state index is 11.8. The summed E-state index contributed by atoms with van der Waals surface area (Å²) in [4.78, 5) is 23.9. The molecule has 0 spiro atoms. The van der Waals surface area contributed by atoms with Crippen molar-refractivity contribution in [3.8, 4) is 5.75 Å². The summed E-state index contributed by atoms with van der Waals surface area (Å²) >= 11 is 0. The molecule has 4 N–H and O–H groups in total. The van der Waals surface area contributed by atoms with Gasteiger partial charge in [0, 0.05) is 31.8 Å². The van der Waals surface area contributed by atoms with Crippen molar-refractivity contribution >= 4 is 17.7 Å². The van der Waals surface area contributed by atoms with Crippen LogP contribution in [0.1, 0.15) is 6.42 Å². The zero-order valence-corrected chi connectivity index (χ0v) is 10.4. The zero-order valence-electron chi connectivity index (χ0n) is 10.4. The van der Waals surface area contributed by atoms with Crippen molar-refractivity contribution in [3.63, 3.8) is 0 Å². The van der Waals surface area contributed by atoms with Crippen molar-refractivity contribution in [2.75, 3.05) is 18.6 Å². The lowest BCUT2D eigenvalue weighted by Gasteiger charge is -2.21. The second kappa shape index (κ2) is 6.60. The molecule has 104 valence electrons. The number of hydrogen-bond donors (Lipinski definition) is 4. The van der Waals surface area contributed by atoms with E-state index in [1.807, 2.05) is 0 Å². The number of aromatic hydroxyl groups is 1. The Labute approximate surface area is 110 Å². The SMILES string of the molecule is CN(C(=O)N[C@H](CCO)C(=O)O)c1cccc(O)c1. The van der Waals surface area contributed by atoms with Crippen molar-refractivity contribution in [2.24, 2.45) is 0 Å². The topological polar surface area (TPSA) is 110 Å². The van der Waals surface area contributed by atoms with Crippen molar-refractivity contribution in [1.29, 1.82) is 0 Å². The van der Waals surface area contributed by atoms with E-state index in [4.69, 9.17) is 10.2 Å². The molecule has 0 saturated carbocycles. The van der Waals surface area contributed by atoms with Crippen LogP contribution in [0, 0.1) is 0 Å². The summed E-state index contributed by atoms with van der Waals surface area (Å²) < 4.78 is 0. The number of phenols is 1. The van der Waals surface area contributed by atoms with Gasteiger partial charge in [-0.15, -0.1) is 0 Å². The normalized spacial score (nSPS) is 11.7. The van der Waals surface area contributed by atoms with Crippen LogP contribution < -0.4 is 10.2 Å². The highest BCUT2D eigenvalue weighted by molar-refractivity contribution is 5.94. The number of benzene rings is 1. The van der Waals surface area contributed by atoms with E-state index in [-0.39, 0.29) is 18.8 Å². The highest BCUT2D eigenvalue weighted by Crippen LogP contribution is 2.18. The van der Waals surface area contributed by atoms with E-state index in [2.05, 4.69) is 5.32 Å². The first-order valence-electron chi connectivity index (χ1n) is 5.62. The minimum Gasteiger partial charge on any atom is -0.508 e. The van der Waals surface area contributed by atoms with Crippen LogP contribution in [0.3, 0.4) is 0 Å². The Morgan fingerprint density at radius 2 is 2.11 bits per heavy atom. The van der Waals surface area contributed by atoms with Crippen LogP contribution in [0.2, 0.25) is 0 Å². The van der Waals surface area contributed by atoms with E-state index in [1.54, 1.807) is 12.1 Å². The number of amides is 2. The highest BCUT2D eigenvalue weighted by atomic mass is 16.4. The molecule has 1 rings (SSSR count). The molecule has 7 nitrogen and oxygen atoms in total. The number of carbonyl (C=O) groups is 2. The summed E-state index contributed by atoms with van der Waals surface area (Å²) in [7, 11) is 1.45. The summed E-state index contributed by atoms with van der Waals surface area (Å²) in [6.45, 7) is -0.340. The lowest BCUT2D eigenvalue weighted by atomic mass is 10.2. The first-order valence-corrected chi connectivity index (χ1v) is 5.62. The number of anilines is 1. The lowest BCUT2D eigenvalue weighted by molar-refractivity contribution is -0.139. The molecule has 2 amide bonds. The second-order valence-electron chi connectivity index (χ2n) is 3.93. The molecule has 19 heavy (non-hydrogen) atoms. The molecule has 0 radical (unpaired) electrons. The molecule has 0 saturated heterocycles. The van der Waals surface area contributed by atoms with Gasteiger partial charge in [0.05, 0.1) is 0 Å². The monoisotopic (exact) mass is 268 g/mol. The fourth-order valence-corrected chi connectivity index (χ4v) is 1.45. The zero-order chi connectivity index (χ0) is 14.4. The third-order valence-corrected chi connectivity index (χ3v) is 2.54. The Bertz CT molecular complexity index is 463. The molecule has 1 aromatic carbocycles. The van der Waals surface area contributed by atoms with Gasteiger partial charge in [0.1, 0.15) is 11.8 Å². The van der Waals surface area contributed by atoms with Gasteiger partial charge >= 0.3 is 12.0 Å². The van der Waals surface area contributed by atoms with E-state index in [0.717, 1.165) is 0 Å². The fraction of sp³-hybridized carbons (Fsp3) is 0.333. The first-order chi connectivity index (χ1) is 8.95. The molecule has 0 aliphatic heterocycles. The number of aliphatic hydroxyl groups excluding tert-OH is 1. The van der Waals surface area contributed by atoms with E-state index < -0.39 is 18.0 Å². The Kier molecular flexibility index (Phi) is 5.13.